The second-order valence-electron chi connectivity index (χ2n) is 8.77. The van der Waals surface area contributed by atoms with Crippen LogP contribution in [-0.4, -0.2) is 74.1 Å². The zero-order chi connectivity index (χ0) is 25.3. The van der Waals surface area contributed by atoms with Gasteiger partial charge in [-0.15, -0.1) is 11.3 Å². The Morgan fingerprint density at radius 1 is 1.17 bits per heavy atom. The Balaban J connectivity index is 1.72. The predicted octanol–water partition coefficient (Wildman–Crippen LogP) is 3.39. The second kappa shape index (κ2) is 10.2. The standard InChI is InChI=1S/C23H30F2N6O3S/c1-5-34-9-8-27-22-28-11(2)16(21-30-17-12(3)26-7-6-15(17)35-21)20(31-22)29-14-10-13(23(4,24)25)18(32)19(14)33/h6-7,13-14,18-19,32-33H,5,8-10H2,1-4H3,(H2,27,28,29,31)/t13-,14+,18+,19-/m0/s1. The average molecular weight is 509 g/mol. The van der Waals surface area contributed by atoms with E-state index in [0.717, 1.165) is 22.8 Å². The molecule has 190 valence electrons. The van der Waals surface area contributed by atoms with Crippen LogP contribution < -0.4 is 10.6 Å². The molecule has 1 fully saturated rings. The highest BCUT2D eigenvalue weighted by Crippen LogP contribution is 2.41. The number of aliphatic hydroxyl groups excluding tert-OH is 2. The summed E-state index contributed by atoms with van der Waals surface area (Å²) in [6, 6.07) is 1.05. The zero-order valence-electron chi connectivity index (χ0n) is 20.0. The summed E-state index contributed by atoms with van der Waals surface area (Å²) < 4.78 is 34.4. The highest BCUT2D eigenvalue weighted by Gasteiger charge is 2.51. The summed E-state index contributed by atoms with van der Waals surface area (Å²) in [4.78, 5) is 18.2. The van der Waals surface area contributed by atoms with Crippen LogP contribution in [0, 0.1) is 19.8 Å². The van der Waals surface area contributed by atoms with Crippen LogP contribution in [0.1, 0.15) is 31.7 Å². The van der Waals surface area contributed by atoms with Gasteiger partial charge in [0.1, 0.15) is 22.4 Å². The Morgan fingerprint density at radius 3 is 2.60 bits per heavy atom. The number of rotatable bonds is 9. The first-order chi connectivity index (χ1) is 16.6. The fourth-order valence-corrected chi connectivity index (χ4v) is 5.45. The lowest BCUT2D eigenvalue weighted by Crippen LogP contribution is -2.38. The normalized spacial score (nSPS) is 22.6. The van der Waals surface area contributed by atoms with Gasteiger partial charge in [-0.1, -0.05) is 0 Å². The van der Waals surface area contributed by atoms with Crippen LogP contribution in [0.25, 0.3) is 20.8 Å². The largest absolute Gasteiger partial charge is 0.390 e. The lowest BCUT2D eigenvalue weighted by molar-refractivity contribution is -0.0950. The molecule has 1 aliphatic carbocycles. The van der Waals surface area contributed by atoms with E-state index in [1.54, 1.807) is 6.20 Å². The fourth-order valence-electron chi connectivity index (χ4n) is 4.34. The predicted molar refractivity (Wildman–Crippen MR) is 131 cm³/mol. The third-order valence-corrected chi connectivity index (χ3v) is 7.22. The van der Waals surface area contributed by atoms with Gasteiger partial charge in [0.15, 0.2) is 0 Å². The van der Waals surface area contributed by atoms with Crippen LogP contribution in [0.2, 0.25) is 0 Å². The van der Waals surface area contributed by atoms with Crippen molar-refractivity contribution in [2.75, 3.05) is 30.4 Å². The van der Waals surface area contributed by atoms with Gasteiger partial charge in [0.2, 0.25) is 5.95 Å². The Hall–Kier alpha value is -2.54. The van der Waals surface area contributed by atoms with Crippen molar-refractivity contribution in [3.8, 4) is 10.6 Å². The summed E-state index contributed by atoms with van der Waals surface area (Å²) in [6.45, 7) is 7.89. The maximum atomic E-state index is 14.0. The first-order valence-electron chi connectivity index (χ1n) is 11.5. The van der Waals surface area contributed by atoms with E-state index in [9.17, 15) is 19.0 Å². The highest BCUT2D eigenvalue weighted by atomic mass is 32.1. The molecule has 12 heteroatoms. The maximum Gasteiger partial charge on any atom is 0.250 e. The topological polar surface area (TPSA) is 125 Å². The van der Waals surface area contributed by atoms with Crippen LogP contribution in [0.3, 0.4) is 0 Å². The molecule has 0 radical (unpaired) electrons. The van der Waals surface area contributed by atoms with Crippen molar-refractivity contribution in [3.63, 3.8) is 0 Å². The number of aryl methyl sites for hydroxylation is 2. The molecule has 0 aliphatic heterocycles. The Labute approximate surface area is 206 Å². The second-order valence-corrected chi connectivity index (χ2v) is 9.80. The lowest BCUT2D eigenvalue weighted by Gasteiger charge is -2.22. The van der Waals surface area contributed by atoms with Gasteiger partial charge in [0.05, 0.1) is 46.3 Å². The number of anilines is 2. The molecule has 0 aromatic carbocycles. The number of hydrogen-bond acceptors (Lipinski definition) is 10. The van der Waals surface area contributed by atoms with Crippen LogP contribution >= 0.6 is 11.3 Å². The molecule has 9 nitrogen and oxygen atoms in total. The van der Waals surface area contributed by atoms with Crippen LogP contribution in [-0.2, 0) is 4.74 Å². The van der Waals surface area contributed by atoms with E-state index in [2.05, 4.69) is 25.6 Å². The minimum absolute atomic E-state index is 0.121. The van der Waals surface area contributed by atoms with Crippen molar-refractivity contribution >= 4 is 33.3 Å². The number of fused-ring (bicyclic) bond motifs is 1. The van der Waals surface area contributed by atoms with Gasteiger partial charge in [0, 0.05) is 19.3 Å². The number of ether oxygens (including phenoxy) is 1. The Morgan fingerprint density at radius 2 is 1.94 bits per heavy atom. The van der Waals surface area contributed by atoms with Crippen molar-refractivity contribution in [3.05, 3.63) is 23.7 Å². The summed E-state index contributed by atoms with van der Waals surface area (Å²) in [5, 5.41) is 27.7. The zero-order valence-corrected chi connectivity index (χ0v) is 20.9. The van der Waals surface area contributed by atoms with Gasteiger partial charge in [-0.25, -0.2) is 18.7 Å². The van der Waals surface area contributed by atoms with Crippen molar-refractivity contribution in [1.29, 1.82) is 0 Å². The van der Waals surface area contributed by atoms with E-state index in [1.807, 2.05) is 26.8 Å². The third kappa shape index (κ3) is 5.35. The van der Waals surface area contributed by atoms with E-state index >= 15 is 0 Å². The van der Waals surface area contributed by atoms with Crippen LogP contribution in [0.5, 0.6) is 0 Å². The quantitative estimate of drug-likeness (QED) is 0.322. The van der Waals surface area contributed by atoms with E-state index in [4.69, 9.17) is 9.72 Å². The number of alkyl halides is 2. The average Bonchev–Trinajstić information content (AvgIpc) is 3.34. The molecule has 3 aromatic rings. The molecule has 3 aromatic heterocycles. The van der Waals surface area contributed by atoms with Crippen molar-refractivity contribution in [1.82, 2.24) is 19.9 Å². The van der Waals surface area contributed by atoms with Crippen molar-refractivity contribution in [2.45, 2.75) is 58.3 Å². The number of thiazole rings is 1. The van der Waals surface area contributed by atoms with Gasteiger partial charge in [-0.3, -0.25) is 4.98 Å². The first-order valence-corrected chi connectivity index (χ1v) is 12.3. The molecular formula is C23H30F2N6O3S. The molecule has 1 saturated carbocycles. The van der Waals surface area contributed by atoms with Crippen molar-refractivity contribution in [2.24, 2.45) is 5.92 Å². The van der Waals surface area contributed by atoms with Gasteiger partial charge in [-0.2, -0.15) is 4.98 Å². The monoisotopic (exact) mass is 508 g/mol. The van der Waals surface area contributed by atoms with Gasteiger partial charge >= 0.3 is 0 Å². The number of aromatic nitrogens is 4. The van der Waals surface area contributed by atoms with Gasteiger partial charge in [-0.05, 0) is 40.2 Å². The third-order valence-electron chi connectivity index (χ3n) is 6.18. The van der Waals surface area contributed by atoms with E-state index < -0.39 is 30.1 Å². The summed E-state index contributed by atoms with van der Waals surface area (Å²) in [6.07, 6.45) is -1.34. The molecule has 0 amide bonds. The minimum Gasteiger partial charge on any atom is -0.390 e. The number of halogens is 2. The lowest BCUT2D eigenvalue weighted by atomic mass is 9.98. The molecule has 3 heterocycles. The highest BCUT2D eigenvalue weighted by molar-refractivity contribution is 7.21. The summed E-state index contributed by atoms with van der Waals surface area (Å²) in [5.41, 5.74) is 2.78. The van der Waals surface area contributed by atoms with Gasteiger partial charge < -0.3 is 25.6 Å². The van der Waals surface area contributed by atoms with Crippen LogP contribution in [0.4, 0.5) is 20.5 Å². The number of nitrogens with zero attached hydrogens (tertiary/aromatic N) is 4. The minimum atomic E-state index is -3.13. The van der Waals surface area contributed by atoms with E-state index in [-0.39, 0.29) is 6.42 Å². The summed E-state index contributed by atoms with van der Waals surface area (Å²) in [7, 11) is 0. The number of hydrogen-bond donors (Lipinski definition) is 4. The molecule has 4 rings (SSSR count). The Bertz CT molecular complexity index is 1190. The molecule has 1 aliphatic rings. The fraction of sp³-hybridized carbons (Fsp3) is 0.565. The summed E-state index contributed by atoms with van der Waals surface area (Å²) >= 11 is 1.44. The first kappa shape index (κ1) is 25.5. The number of aliphatic hydroxyl groups is 2. The van der Waals surface area contributed by atoms with E-state index in [1.165, 1.54) is 11.3 Å². The molecule has 4 atom stereocenters. The van der Waals surface area contributed by atoms with Crippen LogP contribution in [0.15, 0.2) is 12.3 Å². The SMILES string of the molecule is CCOCCNc1nc(C)c(-c2nc3c(C)nccc3s2)c(N[C@@H]2C[C@H](C(C)(F)F)[C@@H](O)[C@H]2O)n1. The summed E-state index contributed by atoms with van der Waals surface area (Å²) in [5.74, 6) is -3.83. The molecule has 0 saturated heterocycles. The molecule has 35 heavy (non-hydrogen) atoms. The molecule has 0 spiro atoms. The number of nitrogens with one attached hydrogen (secondary N) is 2. The molecule has 4 N–H and O–H groups in total. The molecule has 0 unspecified atom stereocenters. The van der Waals surface area contributed by atoms with Crippen molar-refractivity contribution < 1.29 is 23.7 Å². The van der Waals surface area contributed by atoms with Gasteiger partial charge in [0.25, 0.3) is 5.92 Å². The molecular weight excluding hydrogens is 478 g/mol. The smallest absolute Gasteiger partial charge is 0.250 e. The maximum absolute atomic E-state index is 14.0. The van der Waals surface area contributed by atoms with E-state index in [0.29, 0.717) is 47.8 Å². The Kier molecular flexibility index (Phi) is 7.46. The molecule has 0 bridgehead atoms. The number of pyridine rings is 1.